The molecule has 572 valence electrons. The Bertz CT molecular complexity index is 4450. The quantitative estimate of drug-likeness (QED) is 0.00944. The second-order valence-electron chi connectivity index (χ2n) is 19.9. The first-order valence-corrected chi connectivity index (χ1v) is 40.0. The molecule has 1 amide bonds. The predicted molar refractivity (Wildman–Crippen MR) is 312 cm³/mol. The van der Waals surface area contributed by atoms with Crippen LogP contribution in [0.1, 0.15) is 75.7 Å². The van der Waals surface area contributed by atoms with Gasteiger partial charge in [-0.15, -0.1) is 0 Å². The van der Waals surface area contributed by atoms with Gasteiger partial charge in [-0.3, -0.25) is 70.0 Å². The van der Waals surface area contributed by atoms with Crippen LogP contribution in [0.5, 0.6) is 0 Å². The van der Waals surface area contributed by atoms with Crippen LogP contribution in [0.2, 0.25) is 0 Å². The molecule has 3 aliphatic heterocycles. The number of carbonyl (C=O) groups excluding carboxylic acids is 1. The number of phosphoric acid groups is 9. The molecule has 1 aromatic carbocycles. The SMILES string of the molecule is Cc1cc([C@H]2C[C@@H](ON)[C@@H](COP(=O)([O-])OP(=O)([O-])OP(=O)([O-])O)O2)c(N=[N+]=[N-])[nH]c1=O.Cc1cc([C@H]2C[C@@H](ON)[C@@H](COP(=O)([O-])OP(=O)([O-])OP(=O)([O-])O)O2)c(NC(=O)c2ccccc2)[nH]c1=O.[N-]=[N+]=Nc1ccc([C@H]2C[C@@H](ON)[C@@H](COP(=O)([O-])OP(=O)([O-])OP(=O)([O-])O)O2)c(N=[N+]=[N-])n1. The van der Waals surface area contributed by atoms with Crippen molar-refractivity contribution < 1.29 is 173 Å². The van der Waals surface area contributed by atoms with E-state index < -0.39 is 162 Å². The zero-order valence-electron chi connectivity index (χ0n) is 50.9. The monoisotopic (exact) mass is 1640 g/mol. The van der Waals surface area contributed by atoms with Crippen LogP contribution in [0.4, 0.5) is 23.3 Å². The molecule has 0 bridgehead atoms. The molecule has 55 nitrogen and oxygen atoms in total. The highest BCUT2D eigenvalue weighted by Crippen LogP contribution is 2.64. The minimum absolute atomic E-state index is 0.00916. The molecule has 0 aliphatic carbocycles. The lowest BCUT2D eigenvalue weighted by Crippen LogP contribution is -2.31. The van der Waals surface area contributed by atoms with Crippen molar-refractivity contribution in [1.82, 2.24) is 15.0 Å². The topological polar surface area (TPSA) is 892 Å². The number of nitrogens with one attached hydrogen (secondary N) is 3. The van der Waals surface area contributed by atoms with E-state index in [9.17, 15) is 99.5 Å². The fourth-order valence-corrected chi connectivity index (χ4v) is 17.4. The third kappa shape index (κ3) is 29.0. The number of H-pyrrole nitrogens is 2. The molecule has 4 aromatic rings. The molecule has 64 heteroatoms. The van der Waals surface area contributed by atoms with Gasteiger partial charge in [-0.2, -0.15) is 0 Å². The highest BCUT2D eigenvalue weighted by molar-refractivity contribution is 7.66. The third-order valence-electron chi connectivity index (χ3n) is 12.7. The van der Waals surface area contributed by atoms with Crippen LogP contribution in [-0.2, 0) is 109 Å². The number of hydrogen-bond donors (Lipinski definition) is 9. The number of aromatic amines is 2. The number of rotatable bonds is 32. The van der Waals surface area contributed by atoms with Crippen molar-refractivity contribution >= 4 is 99.6 Å². The molecule has 0 radical (unpaired) electrons. The minimum atomic E-state index is -6.08. The molecular weight excluding hydrogens is 1600 g/mol. The number of ether oxygens (including phenoxy) is 3. The van der Waals surface area contributed by atoms with Crippen LogP contribution in [0.15, 0.2) is 79.5 Å². The summed E-state index contributed by atoms with van der Waals surface area (Å²) >= 11 is 0. The van der Waals surface area contributed by atoms with E-state index in [0.29, 0.717) is 5.56 Å². The van der Waals surface area contributed by atoms with Crippen molar-refractivity contribution in [3.05, 3.63) is 140 Å². The van der Waals surface area contributed by atoms with Gasteiger partial charge in [0.2, 0.25) is 0 Å². The minimum Gasteiger partial charge on any atom is -0.756 e. The summed E-state index contributed by atoms with van der Waals surface area (Å²) in [6, 6.07) is 13.5. The number of anilines is 1. The number of benzene rings is 1. The molecule has 0 spiro atoms. The van der Waals surface area contributed by atoms with Crippen LogP contribution in [0.25, 0.3) is 31.3 Å². The molecule has 3 saturated heterocycles. The maximum absolute atomic E-state index is 12.6. The van der Waals surface area contributed by atoms with E-state index in [1.165, 1.54) is 38.1 Å². The first-order chi connectivity index (χ1) is 47.5. The van der Waals surface area contributed by atoms with Gasteiger partial charge in [0.15, 0.2) is 0 Å². The van der Waals surface area contributed by atoms with Gasteiger partial charge in [0.25, 0.3) is 87.4 Å². The van der Waals surface area contributed by atoms with Crippen LogP contribution >= 0.6 is 70.4 Å². The lowest BCUT2D eigenvalue weighted by atomic mass is 10.0. The second kappa shape index (κ2) is 36.9. The van der Waals surface area contributed by atoms with Gasteiger partial charge in [0.1, 0.15) is 59.9 Å². The molecule has 9 unspecified atom stereocenters. The molecule has 3 aromatic heterocycles. The zero-order valence-corrected chi connectivity index (χ0v) is 59.0. The number of nitrogens with zero attached hydrogens (tertiary/aromatic N) is 10. The molecule has 12 N–H and O–H groups in total. The van der Waals surface area contributed by atoms with Crippen molar-refractivity contribution in [2.45, 2.75) is 88.0 Å². The van der Waals surface area contributed by atoms with Gasteiger partial charge < -0.3 is 102 Å². The Labute approximate surface area is 571 Å². The van der Waals surface area contributed by atoms with Crippen LogP contribution in [0.3, 0.4) is 0 Å². The Kier molecular flexibility index (Phi) is 31.6. The maximum Gasteiger partial charge on any atom is 0.280 e. The summed E-state index contributed by atoms with van der Waals surface area (Å²) in [4.78, 5) is 193. The number of aromatic nitrogens is 3. The van der Waals surface area contributed by atoms with Crippen molar-refractivity contribution in [3.8, 4) is 0 Å². The van der Waals surface area contributed by atoms with E-state index in [0.717, 1.165) is 0 Å². The highest BCUT2D eigenvalue weighted by atomic mass is 31.3. The molecular formula is C39H48N16O39P9-9. The molecule has 7 rings (SSSR count). The summed E-state index contributed by atoms with van der Waals surface area (Å²) in [5.41, 5.74) is 26.3. The maximum atomic E-state index is 12.6. The highest BCUT2D eigenvalue weighted by Gasteiger charge is 2.43. The summed E-state index contributed by atoms with van der Waals surface area (Å²) in [6.45, 7) is 0.220. The van der Waals surface area contributed by atoms with Gasteiger partial charge in [-0.1, -0.05) is 24.3 Å². The molecule has 6 heterocycles. The fourth-order valence-electron chi connectivity index (χ4n) is 8.71. The van der Waals surface area contributed by atoms with Crippen molar-refractivity contribution in [2.24, 2.45) is 33.0 Å². The van der Waals surface area contributed by atoms with Crippen LogP contribution in [-0.4, -0.2) is 92.0 Å². The number of phosphoric ester groups is 3. The lowest BCUT2D eigenvalue weighted by Gasteiger charge is -2.33. The summed E-state index contributed by atoms with van der Waals surface area (Å²) in [6.07, 6.45) is -9.70. The molecule has 0 saturated carbocycles. The summed E-state index contributed by atoms with van der Waals surface area (Å²) < 4.78 is 151. The van der Waals surface area contributed by atoms with E-state index in [2.05, 4.69) is 94.6 Å². The van der Waals surface area contributed by atoms with Gasteiger partial charge in [0, 0.05) is 67.4 Å². The Hall–Kier alpha value is -5.46. The average molecular weight is 1640 g/mol. The van der Waals surface area contributed by atoms with Crippen LogP contribution in [0, 0.1) is 13.8 Å². The first-order valence-electron chi connectivity index (χ1n) is 26.8. The number of pyridine rings is 3. The molecule has 18 atom stereocenters. The third-order valence-corrected chi connectivity index (χ3v) is 23.7. The van der Waals surface area contributed by atoms with E-state index in [-0.39, 0.29) is 70.4 Å². The average Bonchev–Trinajstić information content (AvgIpc) is 1.70. The van der Waals surface area contributed by atoms with E-state index in [1.807, 2.05) is 0 Å². The number of amides is 1. The van der Waals surface area contributed by atoms with Gasteiger partial charge in [-0.05, 0) is 76.1 Å². The standard InChI is InChI=1S/C18H24N3O14P3.C11H18N5O13P3.C10H15N8O12P3/c1-10-7-12(16(20-17(10)22)21-18(23)11-5-3-2-4-6-11)13-8-14(33-19)15(32-13)9-31-37(27,28)35-38(29,30)34-36(24,25)26;1-5-2-6(10(15-16-12)14-11(5)17)7-3-8(27-13)9(26-7)4-25-31(21,22)29-32(23,24)28-30(18,19)20;11-17-15-9-2-1-5(10(14-9)16-18-12)6-3-7(28-13)8(27-6)4-26-32(22,23)30-33(24,25)29-31(19,20)21/h2-7,13-15H,8-9,19H2,1H3,(H,27,28)(H,29,30)(H2,24,25,26)(H2,20,21,22,23);2,7-9H,3-4,13H2,1H3,(H,14,17)(H,21,22)(H,23,24)(H2,18,19,20);1-2,6-8H,3-4,13H2,(H,22,23)(H,24,25)(H2,19,20,21)/p-9/t13-,14-,15-;7-,8-,9-;6-,7-,8-/m111/s1. The van der Waals surface area contributed by atoms with Gasteiger partial charge >= 0.3 is 0 Å². The summed E-state index contributed by atoms with van der Waals surface area (Å²) in [5, 5.41) is 12.6. The van der Waals surface area contributed by atoms with Crippen LogP contribution < -0.4 is 78.2 Å². The number of aryl methyl sites for hydroxylation is 2. The Morgan fingerprint density at radius 3 is 1.29 bits per heavy atom. The fraction of sp³-hybridized carbons (Fsp3) is 0.436. The Balaban J connectivity index is 0.000000279. The zero-order chi connectivity index (χ0) is 77.5. The van der Waals surface area contributed by atoms with E-state index in [1.54, 1.807) is 30.3 Å². The van der Waals surface area contributed by atoms with Crippen molar-refractivity contribution in [1.29, 1.82) is 0 Å². The summed E-state index contributed by atoms with van der Waals surface area (Å²) in [5.74, 6) is 14.5. The predicted octanol–water partition coefficient (Wildman–Crippen LogP) is -0.865. The molecule has 103 heavy (non-hydrogen) atoms. The number of nitrogens with two attached hydrogens (primary N) is 3. The van der Waals surface area contributed by atoms with Crippen molar-refractivity contribution in [3.63, 3.8) is 0 Å². The van der Waals surface area contributed by atoms with Gasteiger partial charge in [-0.25, -0.2) is 48.5 Å². The molecule has 3 aliphatic rings. The Morgan fingerprint density at radius 2 is 0.913 bits per heavy atom. The number of hydrogen-bond acceptors (Lipinski definition) is 43. The van der Waals surface area contributed by atoms with Gasteiger partial charge in [0.05, 0.1) is 38.1 Å². The van der Waals surface area contributed by atoms with Crippen molar-refractivity contribution in [2.75, 3.05) is 25.1 Å². The first kappa shape index (κ1) is 88.2. The summed E-state index contributed by atoms with van der Waals surface area (Å²) in [7, 11) is -53.1. The molecule has 3 fully saturated rings. The van der Waals surface area contributed by atoms with E-state index in [4.69, 9.17) is 72.9 Å². The normalized spacial score (nSPS) is 25.4. The lowest BCUT2D eigenvalue weighted by molar-refractivity contribution is -0.254. The largest absolute Gasteiger partial charge is 0.756 e. The van der Waals surface area contributed by atoms with E-state index >= 15 is 0 Å². The number of azide groups is 3. The smallest absolute Gasteiger partial charge is 0.280 e. The Morgan fingerprint density at radius 1 is 0.544 bits per heavy atom. The number of carbonyl (C=O) groups is 1. The second-order valence-corrected chi connectivity index (χ2v) is 32.7.